The summed E-state index contributed by atoms with van der Waals surface area (Å²) < 4.78 is 0. The van der Waals surface area contributed by atoms with Gasteiger partial charge in [-0.05, 0) is 6.07 Å². The first kappa shape index (κ1) is 11.2. The molecular weight excluding hydrogens is 198 g/mol. The van der Waals surface area contributed by atoms with Crippen molar-refractivity contribution in [1.82, 2.24) is 4.98 Å². The number of nitrogens with two attached hydrogens (primary N) is 1. The number of nitrogens with zero attached hydrogens (tertiary/aromatic N) is 2. The first-order chi connectivity index (χ1) is 7.06. The zero-order chi connectivity index (χ0) is 11.4. The van der Waals surface area contributed by atoms with E-state index in [0.717, 1.165) is 0 Å². The third kappa shape index (κ3) is 2.56. The summed E-state index contributed by atoms with van der Waals surface area (Å²) in [6.07, 6.45) is -1.43. The molecule has 6 heteroatoms. The van der Waals surface area contributed by atoms with Crippen LogP contribution in [0.15, 0.2) is 12.3 Å². The molecule has 1 aromatic heterocycles. The van der Waals surface area contributed by atoms with E-state index < -0.39 is 12.2 Å². The van der Waals surface area contributed by atoms with Crippen molar-refractivity contribution in [2.75, 3.05) is 5.73 Å². The lowest BCUT2D eigenvalue weighted by atomic mass is 10.0. The molecule has 0 spiro atoms. The Bertz CT molecular complexity index is 389. The van der Waals surface area contributed by atoms with E-state index in [-0.39, 0.29) is 23.6 Å². The summed E-state index contributed by atoms with van der Waals surface area (Å²) in [6, 6.07) is 2.93. The van der Waals surface area contributed by atoms with Crippen LogP contribution in [0, 0.1) is 11.3 Å². The van der Waals surface area contributed by atoms with Crippen LogP contribution in [0.5, 0.6) is 5.75 Å². The Morgan fingerprint density at radius 1 is 1.53 bits per heavy atom. The minimum absolute atomic E-state index is 0.0549. The third-order valence-electron chi connectivity index (χ3n) is 1.92. The lowest BCUT2D eigenvalue weighted by Crippen LogP contribution is -2.17. The molecule has 0 radical (unpaired) electrons. The fourth-order valence-corrected chi connectivity index (χ4v) is 1.07. The van der Waals surface area contributed by atoms with Crippen molar-refractivity contribution in [3.63, 3.8) is 0 Å². The van der Waals surface area contributed by atoms with E-state index in [4.69, 9.17) is 11.0 Å². The Kier molecular flexibility index (Phi) is 3.44. The Hall–Kier alpha value is -1.84. The number of nitriles is 1. The number of nitrogen functional groups attached to an aromatic ring is 1. The second-order valence-corrected chi connectivity index (χ2v) is 3.05. The molecule has 1 aromatic rings. The Labute approximate surface area is 86.2 Å². The van der Waals surface area contributed by atoms with Gasteiger partial charge in [0.05, 0.1) is 18.6 Å². The zero-order valence-electron chi connectivity index (χ0n) is 7.83. The van der Waals surface area contributed by atoms with Crippen LogP contribution < -0.4 is 5.73 Å². The summed E-state index contributed by atoms with van der Waals surface area (Å²) in [5.41, 5.74) is 5.48. The molecule has 0 aliphatic heterocycles. The molecule has 5 N–H and O–H groups in total. The summed E-state index contributed by atoms with van der Waals surface area (Å²) >= 11 is 0. The minimum Gasteiger partial charge on any atom is -0.504 e. The number of pyridine rings is 1. The van der Waals surface area contributed by atoms with Gasteiger partial charge >= 0.3 is 0 Å². The molecule has 1 heterocycles. The molecule has 0 saturated carbocycles. The van der Waals surface area contributed by atoms with Crippen LogP contribution in [0.4, 0.5) is 5.82 Å². The van der Waals surface area contributed by atoms with Gasteiger partial charge in [0.2, 0.25) is 0 Å². The van der Waals surface area contributed by atoms with Crippen LogP contribution in [0.2, 0.25) is 0 Å². The van der Waals surface area contributed by atoms with Crippen LogP contribution in [0.3, 0.4) is 0 Å². The van der Waals surface area contributed by atoms with Crippen molar-refractivity contribution < 1.29 is 15.3 Å². The lowest BCUT2D eigenvalue weighted by Gasteiger charge is -2.15. The number of aliphatic hydroxyl groups is 2. The van der Waals surface area contributed by atoms with Crippen molar-refractivity contribution in [1.29, 1.82) is 5.26 Å². The Balaban J connectivity index is 2.87. The second kappa shape index (κ2) is 4.59. The molecular formula is C9H11N3O3. The van der Waals surface area contributed by atoms with E-state index in [1.54, 1.807) is 6.07 Å². The second-order valence-electron chi connectivity index (χ2n) is 3.05. The fourth-order valence-electron chi connectivity index (χ4n) is 1.07. The van der Waals surface area contributed by atoms with Gasteiger partial charge in [-0.25, -0.2) is 4.98 Å². The van der Waals surface area contributed by atoms with Crippen LogP contribution in [-0.2, 0) is 0 Å². The van der Waals surface area contributed by atoms with Gasteiger partial charge in [0.1, 0.15) is 6.10 Å². The normalized spacial score (nSPS) is 14.2. The molecule has 15 heavy (non-hydrogen) atoms. The molecule has 1 rings (SSSR count). The highest BCUT2D eigenvalue weighted by atomic mass is 16.3. The van der Waals surface area contributed by atoms with Gasteiger partial charge < -0.3 is 21.1 Å². The molecule has 6 nitrogen and oxygen atoms in total. The van der Waals surface area contributed by atoms with Gasteiger partial charge in [-0.2, -0.15) is 5.26 Å². The van der Waals surface area contributed by atoms with E-state index in [0.29, 0.717) is 0 Å². The minimum atomic E-state index is -1.26. The number of hydrogen-bond donors (Lipinski definition) is 4. The number of hydrogen-bond acceptors (Lipinski definition) is 6. The average Bonchev–Trinajstić information content (AvgIpc) is 2.21. The highest BCUT2D eigenvalue weighted by Crippen LogP contribution is 2.24. The molecule has 80 valence electrons. The average molecular weight is 209 g/mol. The molecule has 0 saturated heterocycles. The zero-order valence-corrected chi connectivity index (χ0v) is 7.83. The summed E-state index contributed by atoms with van der Waals surface area (Å²) in [5.74, 6) is -0.323. The third-order valence-corrected chi connectivity index (χ3v) is 1.92. The quantitative estimate of drug-likeness (QED) is 0.540. The van der Waals surface area contributed by atoms with Crippen molar-refractivity contribution in [2.24, 2.45) is 0 Å². The maximum atomic E-state index is 9.54. The molecule has 2 unspecified atom stereocenters. The molecule has 0 bridgehead atoms. The van der Waals surface area contributed by atoms with Gasteiger partial charge in [0.25, 0.3) is 0 Å². The van der Waals surface area contributed by atoms with E-state index in [2.05, 4.69) is 4.98 Å². The van der Waals surface area contributed by atoms with Gasteiger partial charge in [-0.15, -0.1) is 0 Å². The smallest absolute Gasteiger partial charge is 0.165 e. The van der Waals surface area contributed by atoms with Crippen LogP contribution >= 0.6 is 0 Å². The van der Waals surface area contributed by atoms with Gasteiger partial charge in [0, 0.05) is 11.8 Å². The highest BCUT2D eigenvalue weighted by Gasteiger charge is 2.19. The van der Waals surface area contributed by atoms with Crippen LogP contribution in [-0.4, -0.2) is 26.4 Å². The van der Waals surface area contributed by atoms with Crippen LogP contribution in [0.1, 0.15) is 18.1 Å². The summed E-state index contributed by atoms with van der Waals surface area (Å²) in [7, 11) is 0. The summed E-state index contributed by atoms with van der Waals surface area (Å²) in [6.45, 7) is 0. The number of aromatic nitrogens is 1. The van der Waals surface area contributed by atoms with Crippen molar-refractivity contribution in [2.45, 2.75) is 18.6 Å². The molecule has 0 aliphatic carbocycles. The molecule has 0 amide bonds. The SMILES string of the molecule is N#CCC(O)C(O)c1cnc(N)c(O)c1. The lowest BCUT2D eigenvalue weighted by molar-refractivity contribution is 0.0213. The van der Waals surface area contributed by atoms with Crippen molar-refractivity contribution in [3.05, 3.63) is 17.8 Å². The van der Waals surface area contributed by atoms with E-state index in [9.17, 15) is 15.3 Å². The van der Waals surface area contributed by atoms with Crippen LogP contribution in [0.25, 0.3) is 0 Å². The van der Waals surface area contributed by atoms with Gasteiger partial charge in [-0.1, -0.05) is 0 Å². The number of aliphatic hydroxyl groups excluding tert-OH is 2. The maximum absolute atomic E-state index is 9.54. The van der Waals surface area contributed by atoms with E-state index in [1.807, 2.05) is 0 Å². The Morgan fingerprint density at radius 2 is 2.20 bits per heavy atom. The van der Waals surface area contributed by atoms with E-state index >= 15 is 0 Å². The highest BCUT2D eigenvalue weighted by molar-refractivity contribution is 5.46. The molecule has 0 fully saturated rings. The van der Waals surface area contributed by atoms with Gasteiger partial charge in [-0.3, -0.25) is 0 Å². The number of anilines is 1. The van der Waals surface area contributed by atoms with Crippen molar-refractivity contribution in [3.8, 4) is 11.8 Å². The predicted octanol–water partition coefficient (Wildman–Crippen LogP) is -0.323. The topological polar surface area (TPSA) is 123 Å². The predicted molar refractivity (Wildman–Crippen MR) is 51.5 cm³/mol. The number of rotatable bonds is 3. The largest absolute Gasteiger partial charge is 0.504 e. The molecule has 0 aromatic carbocycles. The molecule has 2 atom stereocenters. The van der Waals surface area contributed by atoms with E-state index in [1.165, 1.54) is 12.3 Å². The fraction of sp³-hybridized carbons (Fsp3) is 0.333. The standard InChI is InChI=1S/C9H11N3O3/c10-2-1-6(13)8(15)5-3-7(14)9(11)12-4-5/h3-4,6,8,13-15H,1H2,(H2,11,12). The first-order valence-corrected chi connectivity index (χ1v) is 4.23. The maximum Gasteiger partial charge on any atom is 0.165 e. The van der Waals surface area contributed by atoms with Crippen molar-refractivity contribution >= 4 is 5.82 Å². The summed E-state index contributed by atoms with van der Waals surface area (Å²) in [4.78, 5) is 3.62. The summed E-state index contributed by atoms with van der Waals surface area (Å²) in [5, 5.41) is 36.4. The van der Waals surface area contributed by atoms with Gasteiger partial charge in [0.15, 0.2) is 11.6 Å². The monoisotopic (exact) mass is 209 g/mol. The Morgan fingerprint density at radius 3 is 2.73 bits per heavy atom. The first-order valence-electron chi connectivity index (χ1n) is 4.23. The number of aromatic hydroxyl groups is 1. The molecule has 0 aliphatic rings.